The molecule has 0 bridgehead atoms. The van der Waals surface area contributed by atoms with Gasteiger partial charge in [-0.15, -0.1) is 0 Å². The first kappa shape index (κ1) is 14.7. The molecular weight excluding hydrogens is 256 g/mol. The van der Waals surface area contributed by atoms with Crippen LogP contribution in [0, 0.1) is 0 Å². The average Bonchev–Trinajstić information content (AvgIpc) is 2.94. The number of likely N-dealkylation sites (tertiary alicyclic amines) is 1. The molecule has 1 aliphatic heterocycles. The highest BCUT2D eigenvalue weighted by molar-refractivity contribution is 5.82. The summed E-state index contributed by atoms with van der Waals surface area (Å²) in [7, 11) is 3.22. The van der Waals surface area contributed by atoms with Gasteiger partial charge < -0.3 is 20.1 Å². The van der Waals surface area contributed by atoms with Crippen LogP contribution in [0.4, 0.5) is 0 Å². The SMILES string of the molecule is COc1ccc(C2CCCN2C(=O)[C@@H](C)N)cc1OC. The Bertz CT molecular complexity index is 488. The standard InChI is InChI=1S/C15H22N2O3/c1-10(16)15(18)17-8-4-5-12(17)11-6-7-13(19-2)14(9-11)20-3/h6-7,9-10,12H,4-5,8,16H2,1-3H3/t10-,12?/m1/s1. The van der Waals surface area contributed by atoms with E-state index in [1.54, 1.807) is 21.1 Å². The van der Waals surface area contributed by atoms with Gasteiger partial charge in [-0.25, -0.2) is 0 Å². The summed E-state index contributed by atoms with van der Waals surface area (Å²) in [6.07, 6.45) is 1.95. The third-order valence-electron chi connectivity index (χ3n) is 3.72. The van der Waals surface area contributed by atoms with E-state index in [2.05, 4.69) is 0 Å². The summed E-state index contributed by atoms with van der Waals surface area (Å²) in [5.74, 6) is 1.38. The Kier molecular flexibility index (Phi) is 4.49. The smallest absolute Gasteiger partial charge is 0.239 e. The van der Waals surface area contributed by atoms with E-state index in [4.69, 9.17) is 15.2 Å². The van der Waals surface area contributed by atoms with Gasteiger partial charge in [0.05, 0.1) is 26.3 Å². The van der Waals surface area contributed by atoms with Crippen molar-refractivity contribution in [3.63, 3.8) is 0 Å². The lowest BCUT2D eigenvalue weighted by molar-refractivity contribution is -0.133. The molecule has 0 radical (unpaired) electrons. The monoisotopic (exact) mass is 278 g/mol. The highest BCUT2D eigenvalue weighted by Gasteiger charge is 2.31. The van der Waals surface area contributed by atoms with Crippen LogP contribution in [-0.2, 0) is 4.79 Å². The first-order chi connectivity index (χ1) is 9.58. The molecule has 0 saturated carbocycles. The minimum absolute atomic E-state index is 0.00212. The molecule has 1 amide bonds. The fraction of sp³-hybridized carbons (Fsp3) is 0.533. The molecular formula is C15H22N2O3. The lowest BCUT2D eigenvalue weighted by Crippen LogP contribution is -2.41. The van der Waals surface area contributed by atoms with Gasteiger partial charge in [0.25, 0.3) is 0 Å². The number of carbonyl (C=O) groups excluding carboxylic acids is 1. The minimum atomic E-state index is -0.462. The van der Waals surface area contributed by atoms with E-state index in [-0.39, 0.29) is 11.9 Å². The van der Waals surface area contributed by atoms with Crippen molar-refractivity contribution in [2.45, 2.75) is 31.8 Å². The molecule has 0 aliphatic carbocycles. The lowest BCUT2D eigenvalue weighted by atomic mass is 10.0. The maximum absolute atomic E-state index is 12.2. The first-order valence-corrected chi connectivity index (χ1v) is 6.86. The molecule has 1 heterocycles. The molecule has 2 rings (SSSR count). The summed E-state index contributed by atoms with van der Waals surface area (Å²) in [6, 6.07) is 5.42. The van der Waals surface area contributed by atoms with Gasteiger partial charge in [-0.3, -0.25) is 4.79 Å². The van der Waals surface area contributed by atoms with Crippen molar-refractivity contribution >= 4 is 5.91 Å². The number of amides is 1. The van der Waals surface area contributed by atoms with Gasteiger partial charge in [0.15, 0.2) is 11.5 Å². The Morgan fingerprint density at radius 2 is 2.05 bits per heavy atom. The van der Waals surface area contributed by atoms with Crippen LogP contribution < -0.4 is 15.2 Å². The number of nitrogens with two attached hydrogens (primary N) is 1. The second-order valence-electron chi connectivity index (χ2n) is 5.09. The average molecular weight is 278 g/mol. The molecule has 5 heteroatoms. The number of methoxy groups -OCH3 is 2. The summed E-state index contributed by atoms with van der Waals surface area (Å²) in [5.41, 5.74) is 6.79. The fourth-order valence-corrected chi connectivity index (χ4v) is 2.70. The maximum Gasteiger partial charge on any atom is 0.239 e. The first-order valence-electron chi connectivity index (χ1n) is 6.86. The summed E-state index contributed by atoms with van der Waals surface area (Å²) < 4.78 is 10.6. The Morgan fingerprint density at radius 3 is 2.65 bits per heavy atom. The number of hydrogen-bond acceptors (Lipinski definition) is 4. The summed E-state index contributed by atoms with van der Waals surface area (Å²) in [5, 5.41) is 0. The van der Waals surface area contributed by atoms with Crippen LogP contribution in [0.2, 0.25) is 0 Å². The molecule has 1 saturated heterocycles. The minimum Gasteiger partial charge on any atom is -0.493 e. The van der Waals surface area contributed by atoms with E-state index < -0.39 is 6.04 Å². The zero-order chi connectivity index (χ0) is 14.7. The quantitative estimate of drug-likeness (QED) is 0.910. The number of hydrogen-bond donors (Lipinski definition) is 1. The van der Waals surface area contributed by atoms with Crippen LogP contribution in [0.3, 0.4) is 0 Å². The van der Waals surface area contributed by atoms with Gasteiger partial charge in [0.1, 0.15) is 0 Å². The molecule has 1 aromatic carbocycles. The zero-order valence-corrected chi connectivity index (χ0v) is 12.3. The van der Waals surface area contributed by atoms with Gasteiger partial charge >= 0.3 is 0 Å². The van der Waals surface area contributed by atoms with Crippen LogP contribution in [0.15, 0.2) is 18.2 Å². The van der Waals surface area contributed by atoms with Crippen LogP contribution in [0.5, 0.6) is 11.5 Å². The Balaban J connectivity index is 2.28. The normalized spacial score (nSPS) is 19.8. The number of ether oxygens (including phenoxy) is 2. The molecule has 1 fully saturated rings. The Labute approximate surface area is 119 Å². The number of carbonyl (C=O) groups is 1. The Hall–Kier alpha value is -1.75. The molecule has 1 aliphatic rings. The van der Waals surface area contributed by atoms with Crippen LogP contribution in [0.25, 0.3) is 0 Å². The second kappa shape index (κ2) is 6.13. The van der Waals surface area contributed by atoms with E-state index in [0.29, 0.717) is 11.5 Å². The number of benzene rings is 1. The van der Waals surface area contributed by atoms with Crippen molar-refractivity contribution in [2.75, 3.05) is 20.8 Å². The van der Waals surface area contributed by atoms with Gasteiger partial charge in [-0.2, -0.15) is 0 Å². The van der Waals surface area contributed by atoms with Crippen molar-refractivity contribution in [1.29, 1.82) is 0 Å². The van der Waals surface area contributed by atoms with E-state index in [1.807, 2.05) is 23.1 Å². The topological polar surface area (TPSA) is 64.8 Å². The molecule has 1 unspecified atom stereocenters. The molecule has 5 nitrogen and oxygen atoms in total. The maximum atomic E-state index is 12.2. The van der Waals surface area contributed by atoms with Crippen LogP contribution in [0.1, 0.15) is 31.4 Å². The van der Waals surface area contributed by atoms with Crippen molar-refractivity contribution < 1.29 is 14.3 Å². The van der Waals surface area contributed by atoms with Crippen LogP contribution >= 0.6 is 0 Å². The molecule has 2 atom stereocenters. The number of rotatable bonds is 4. The molecule has 110 valence electrons. The van der Waals surface area contributed by atoms with Crippen molar-refractivity contribution in [1.82, 2.24) is 4.90 Å². The van der Waals surface area contributed by atoms with E-state index in [1.165, 1.54) is 0 Å². The van der Waals surface area contributed by atoms with Gasteiger partial charge in [0, 0.05) is 6.54 Å². The van der Waals surface area contributed by atoms with E-state index in [0.717, 1.165) is 24.9 Å². The molecule has 20 heavy (non-hydrogen) atoms. The van der Waals surface area contributed by atoms with Crippen LogP contribution in [-0.4, -0.2) is 37.6 Å². The lowest BCUT2D eigenvalue weighted by Gasteiger charge is -2.27. The van der Waals surface area contributed by atoms with Crippen molar-refractivity contribution in [3.05, 3.63) is 23.8 Å². The summed E-state index contributed by atoms with van der Waals surface area (Å²) >= 11 is 0. The number of nitrogens with zero attached hydrogens (tertiary/aromatic N) is 1. The summed E-state index contributed by atoms with van der Waals surface area (Å²) in [4.78, 5) is 14.0. The molecule has 0 aromatic heterocycles. The van der Waals surface area contributed by atoms with Crippen molar-refractivity contribution in [3.8, 4) is 11.5 Å². The highest BCUT2D eigenvalue weighted by Crippen LogP contribution is 2.36. The van der Waals surface area contributed by atoms with Crippen molar-refractivity contribution in [2.24, 2.45) is 5.73 Å². The third-order valence-corrected chi connectivity index (χ3v) is 3.72. The molecule has 1 aromatic rings. The predicted molar refractivity (Wildman–Crippen MR) is 76.9 cm³/mol. The largest absolute Gasteiger partial charge is 0.493 e. The second-order valence-corrected chi connectivity index (χ2v) is 5.09. The van der Waals surface area contributed by atoms with E-state index in [9.17, 15) is 4.79 Å². The van der Waals surface area contributed by atoms with Gasteiger partial charge in [-0.05, 0) is 37.5 Å². The third kappa shape index (κ3) is 2.72. The predicted octanol–water partition coefficient (Wildman–Crippen LogP) is 1.71. The van der Waals surface area contributed by atoms with Gasteiger partial charge in [0.2, 0.25) is 5.91 Å². The molecule has 2 N–H and O–H groups in total. The zero-order valence-electron chi connectivity index (χ0n) is 12.3. The highest BCUT2D eigenvalue weighted by atomic mass is 16.5. The van der Waals surface area contributed by atoms with Gasteiger partial charge in [-0.1, -0.05) is 6.07 Å². The molecule has 0 spiro atoms. The summed E-state index contributed by atoms with van der Waals surface area (Å²) in [6.45, 7) is 2.49. The Morgan fingerprint density at radius 1 is 1.35 bits per heavy atom. The van der Waals surface area contributed by atoms with E-state index >= 15 is 0 Å². The fourth-order valence-electron chi connectivity index (χ4n) is 2.70.